The van der Waals surface area contributed by atoms with Crippen molar-refractivity contribution in [2.24, 2.45) is 0 Å². The minimum atomic E-state index is -3.46. The third-order valence-electron chi connectivity index (χ3n) is 3.37. The Hall–Kier alpha value is -0.430. The van der Waals surface area contributed by atoms with Gasteiger partial charge in [0.25, 0.3) is 0 Å². The Bertz CT molecular complexity index is 536. The molecule has 0 radical (unpaired) electrons. The molecule has 2 rings (SSSR count). The van der Waals surface area contributed by atoms with E-state index in [4.69, 9.17) is 0 Å². The summed E-state index contributed by atoms with van der Waals surface area (Å²) in [4.78, 5) is 0.288. The molecule has 0 atom stereocenters. The van der Waals surface area contributed by atoms with Gasteiger partial charge in [-0.1, -0.05) is 41.4 Å². The summed E-state index contributed by atoms with van der Waals surface area (Å²) in [5, 5.41) is 10.8. The van der Waals surface area contributed by atoms with Gasteiger partial charge in [-0.25, -0.2) is 8.42 Å². The third-order valence-corrected chi connectivity index (χ3v) is 5.83. The van der Waals surface area contributed by atoms with Gasteiger partial charge in [0, 0.05) is 18.4 Å². The lowest BCUT2D eigenvalue weighted by Gasteiger charge is -2.45. The second-order valence-electron chi connectivity index (χ2n) is 5.03. The molecule has 0 bridgehead atoms. The SMILES string of the molecule is CCCC1(O)CN(S(=O)(=O)c2ccc(CBr)cc2)C1. The minimum Gasteiger partial charge on any atom is -0.387 e. The fraction of sp³-hybridized carbons (Fsp3) is 0.538. The first-order valence-corrected chi connectivity index (χ1v) is 8.85. The van der Waals surface area contributed by atoms with Crippen LogP contribution in [-0.2, 0) is 15.4 Å². The number of halogens is 1. The fourth-order valence-electron chi connectivity index (χ4n) is 2.30. The van der Waals surface area contributed by atoms with Crippen LogP contribution in [0.4, 0.5) is 0 Å². The van der Waals surface area contributed by atoms with Gasteiger partial charge in [0.2, 0.25) is 10.0 Å². The van der Waals surface area contributed by atoms with Crippen LogP contribution in [0.15, 0.2) is 29.2 Å². The predicted octanol–water partition coefficient (Wildman–Crippen LogP) is 2.12. The zero-order chi connectivity index (χ0) is 14.1. The van der Waals surface area contributed by atoms with E-state index in [2.05, 4.69) is 15.9 Å². The lowest BCUT2D eigenvalue weighted by Crippen LogP contribution is -2.63. The number of alkyl halides is 1. The molecule has 4 nitrogen and oxygen atoms in total. The molecule has 0 spiro atoms. The summed E-state index contributed by atoms with van der Waals surface area (Å²) in [5.74, 6) is 0. The van der Waals surface area contributed by atoms with Crippen LogP contribution in [0.5, 0.6) is 0 Å². The molecule has 106 valence electrons. The maximum Gasteiger partial charge on any atom is 0.243 e. The molecule has 6 heteroatoms. The molecule has 0 saturated carbocycles. The van der Waals surface area contributed by atoms with Crippen molar-refractivity contribution in [2.45, 2.75) is 35.6 Å². The Morgan fingerprint density at radius 3 is 2.37 bits per heavy atom. The van der Waals surface area contributed by atoms with Crippen LogP contribution in [0.2, 0.25) is 0 Å². The quantitative estimate of drug-likeness (QED) is 0.830. The number of β-amino-alcohol motifs (C(OH)–C–C–N with tert-alkyl or cyclic N) is 1. The van der Waals surface area contributed by atoms with E-state index in [1.54, 1.807) is 24.3 Å². The van der Waals surface area contributed by atoms with Gasteiger partial charge in [-0.3, -0.25) is 0 Å². The summed E-state index contributed by atoms with van der Waals surface area (Å²) < 4.78 is 26.0. The highest BCUT2D eigenvalue weighted by atomic mass is 79.9. The highest BCUT2D eigenvalue weighted by molar-refractivity contribution is 9.08. The van der Waals surface area contributed by atoms with Gasteiger partial charge in [0.1, 0.15) is 0 Å². The molecular weight excluding hydrogens is 330 g/mol. The van der Waals surface area contributed by atoms with Gasteiger partial charge in [0.15, 0.2) is 0 Å². The Morgan fingerprint density at radius 1 is 1.32 bits per heavy atom. The molecule has 0 amide bonds. The van der Waals surface area contributed by atoms with Crippen LogP contribution in [-0.4, -0.2) is 36.5 Å². The lowest BCUT2D eigenvalue weighted by atomic mass is 9.92. The average molecular weight is 348 g/mol. The highest BCUT2D eigenvalue weighted by Gasteiger charge is 2.46. The van der Waals surface area contributed by atoms with E-state index in [-0.39, 0.29) is 18.0 Å². The molecule has 1 N–H and O–H groups in total. The molecule has 1 heterocycles. The van der Waals surface area contributed by atoms with Crippen LogP contribution in [0, 0.1) is 0 Å². The Labute approximate surface area is 122 Å². The monoisotopic (exact) mass is 347 g/mol. The third kappa shape index (κ3) is 3.02. The molecule has 1 aromatic rings. The van der Waals surface area contributed by atoms with Crippen LogP contribution in [0.1, 0.15) is 25.3 Å². The van der Waals surface area contributed by atoms with E-state index in [0.717, 1.165) is 12.0 Å². The Kier molecular flexibility index (Phi) is 4.35. The number of sulfonamides is 1. The lowest BCUT2D eigenvalue weighted by molar-refractivity contribution is -0.0653. The maximum absolute atomic E-state index is 12.3. The minimum absolute atomic E-state index is 0.198. The molecule has 0 aromatic heterocycles. The first-order valence-electron chi connectivity index (χ1n) is 6.29. The normalized spacial score (nSPS) is 19.1. The standard InChI is InChI=1S/C13H18BrNO3S/c1-2-7-13(16)9-15(10-13)19(17,18)12-5-3-11(8-14)4-6-12/h3-6,16H,2,7-10H2,1H3. The number of hydrogen-bond acceptors (Lipinski definition) is 3. The van der Waals surface area contributed by atoms with Gasteiger partial charge in [-0.05, 0) is 24.1 Å². The van der Waals surface area contributed by atoms with Gasteiger partial charge in [-0.2, -0.15) is 4.31 Å². The zero-order valence-corrected chi connectivity index (χ0v) is 13.2. The molecule has 1 aliphatic rings. The smallest absolute Gasteiger partial charge is 0.243 e. The number of aliphatic hydroxyl groups is 1. The summed E-state index contributed by atoms with van der Waals surface area (Å²) in [7, 11) is -3.46. The maximum atomic E-state index is 12.3. The van der Waals surface area contributed by atoms with Gasteiger partial charge >= 0.3 is 0 Å². The van der Waals surface area contributed by atoms with Crippen molar-refractivity contribution in [2.75, 3.05) is 13.1 Å². The van der Waals surface area contributed by atoms with Crippen molar-refractivity contribution in [3.05, 3.63) is 29.8 Å². The van der Waals surface area contributed by atoms with Crippen LogP contribution >= 0.6 is 15.9 Å². The Morgan fingerprint density at radius 2 is 1.89 bits per heavy atom. The first-order chi connectivity index (χ1) is 8.91. The Balaban J connectivity index is 2.11. The predicted molar refractivity (Wildman–Crippen MR) is 77.7 cm³/mol. The molecule has 1 saturated heterocycles. The van der Waals surface area contributed by atoms with E-state index in [0.29, 0.717) is 11.8 Å². The van der Waals surface area contributed by atoms with Gasteiger partial charge in [-0.15, -0.1) is 0 Å². The van der Waals surface area contributed by atoms with E-state index in [9.17, 15) is 13.5 Å². The number of hydrogen-bond donors (Lipinski definition) is 1. The second kappa shape index (κ2) is 5.52. The number of rotatable bonds is 5. The molecule has 0 unspecified atom stereocenters. The highest BCUT2D eigenvalue weighted by Crippen LogP contribution is 2.31. The molecule has 1 aromatic carbocycles. The molecule has 1 aliphatic heterocycles. The molecule has 19 heavy (non-hydrogen) atoms. The van der Waals surface area contributed by atoms with Gasteiger partial charge in [0.05, 0.1) is 10.5 Å². The summed E-state index contributed by atoms with van der Waals surface area (Å²) in [6.45, 7) is 2.38. The van der Waals surface area contributed by atoms with E-state index in [1.165, 1.54) is 4.31 Å². The van der Waals surface area contributed by atoms with Crippen molar-refractivity contribution < 1.29 is 13.5 Å². The largest absolute Gasteiger partial charge is 0.387 e. The van der Waals surface area contributed by atoms with Crippen molar-refractivity contribution in [1.29, 1.82) is 0 Å². The van der Waals surface area contributed by atoms with E-state index >= 15 is 0 Å². The van der Waals surface area contributed by atoms with Gasteiger partial charge < -0.3 is 5.11 Å². The number of nitrogens with zero attached hydrogens (tertiary/aromatic N) is 1. The van der Waals surface area contributed by atoms with Crippen molar-refractivity contribution >= 4 is 26.0 Å². The van der Waals surface area contributed by atoms with Crippen molar-refractivity contribution in [1.82, 2.24) is 4.31 Å². The van der Waals surface area contributed by atoms with Crippen molar-refractivity contribution in [3.8, 4) is 0 Å². The summed E-state index contributed by atoms with van der Waals surface area (Å²) in [6.07, 6.45) is 1.49. The topological polar surface area (TPSA) is 57.6 Å². The summed E-state index contributed by atoms with van der Waals surface area (Å²) in [6, 6.07) is 6.81. The molecular formula is C13H18BrNO3S. The molecule has 0 aliphatic carbocycles. The van der Waals surface area contributed by atoms with E-state index < -0.39 is 15.6 Å². The summed E-state index contributed by atoms with van der Waals surface area (Å²) >= 11 is 3.33. The van der Waals surface area contributed by atoms with Crippen LogP contribution in [0.25, 0.3) is 0 Å². The van der Waals surface area contributed by atoms with E-state index in [1.807, 2.05) is 6.92 Å². The second-order valence-corrected chi connectivity index (χ2v) is 7.52. The number of benzene rings is 1. The van der Waals surface area contributed by atoms with Crippen LogP contribution < -0.4 is 0 Å². The zero-order valence-electron chi connectivity index (χ0n) is 10.8. The van der Waals surface area contributed by atoms with Crippen molar-refractivity contribution in [3.63, 3.8) is 0 Å². The molecule has 1 fully saturated rings. The first kappa shape index (κ1) is 15.0. The van der Waals surface area contributed by atoms with Crippen LogP contribution in [0.3, 0.4) is 0 Å². The average Bonchev–Trinajstić information content (AvgIpc) is 2.36. The summed E-state index contributed by atoms with van der Waals surface area (Å²) in [5.41, 5.74) is 0.197. The fourth-order valence-corrected chi connectivity index (χ4v) is 4.28.